The molecule has 0 aromatic heterocycles. The number of fused-ring (bicyclic) bond motifs is 2. The SMILES string of the molecule is CNC1CC2(CCN(C)CC2)Oc2cc3c(cc21)OCO3. The molecule has 3 aliphatic heterocycles. The summed E-state index contributed by atoms with van der Waals surface area (Å²) in [6.45, 7) is 2.49. The van der Waals surface area contributed by atoms with Crippen LogP contribution < -0.4 is 19.5 Å². The second-order valence-corrected chi connectivity index (χ2v) is 6.38. The molecular weight excluding hydrogens is 268 g/mol. The zero-order chi connectivity index (χ0) is 14.4. The minimum atomic E-state index is -0.0408. The number of nitrogens with zero attached hydrogens (tertiary/aromatic N) is 1. The van der Waals surface area contributed by atoms with Gasteiger partial charge in [-0.05, 0) is 33.0 Å². The molecule has 0 aliphatic carbocycles. The summed E-state index contributed by atoms with van der Waals surface area (Å²) in [5, 5.41) is 3.44. The number of ether oxygens (including phenoxy) is 3. The molecule has 21 heavy (non-hydrogen) atoms. The van der Waals surface area contributed by atoms with Gasteiger partial charge in [0.15, 0.2) is 11.5 Å². The van der Waals surface area contributed by atoms with Crippen molar-refractivity contribution in [3.8, 4) is 17.2 Å². The third kappa shape index (κ3) is 2.15. The van der Waals surface area contributed by atoms with Gasteiger partial charge in [-0.2, -0.15) is 0 Å². The molecule has 1 unspecified atom stereocenters. The average Bonchev–Trinajstić information content (AvgIpc) is 2.95. The van der Waals surface area contributed by atoms with Gasteiger partial charge in [0, 0.05) is 37.2 Å². The van der Waals surface area contributed by atoms with Crippen LogP contribution in [0.5, 0.6) is 17.2 Å². The highest BCUT2D eigenvalue weighted by Gasteiger charge is 2.43. The molecule has 1 spiro atoms. The second kappa shape index (κ2) is 4.78. The quantitative estimate of drug-likeness (QED) is 0.856. The van der Waals surface area contributed by atoms with Gasteiger partial charge in [0.05, 0.1) is 0 Å². The van der Waals surface area contributed by atoms with Gasteiger partial charge in [-0.15, -0.1) is 0 Å². The number of benzene rings is 1. The third-order valence-electron chi connectivity index (χ3n) is 5.03. The van der Waals surface area contributed by atoms with E-state index in [1.165, 1.54) is 5.56 Å². The molecule has 1 saturated heterocycles. The van der Waals surface area contributed by atoms with Crippen LogP contribution in [0.4, 0.5) is 0 Å². The van der Waals surface area contributed by atoms with E-state index in [0.717, 1.165) is 49.6 Å². The summed E-state index contributed by atoms with van der Waals surface area (Å²) in [4.78, 5) is 2.37. The lowest BCUT2D eigenvalue weighted by Crippen LogP contribution is -2.50. The van der Waals surface area contributed by atoms with E-state index < -0.39 is 0 Å². The first kappa shape index (κ1) is 13.2. The Bertz CT molecular complexity index is 553. The molecule has 0 amide bonds. The van der Waals surface area contributed by atoms with Gasteiger partial charge in [0.2, 0.25) is 6.79 Å². The van der Waals surface area contributed by atoms with Crippen LogP contribution >= 0.6 is 0 Å². The van der Waals surface area contributed by atoms with Crippen molar-refractivity contribution in [2.24, 2.45) is 0 Å². The number of hydrogen-bond donors (Lipinski definition) is 1. The molecule has 1 N–H and O–H groups in total. The first-order valence-corrected chi connectivity index (χ1v) is 7.67. The van der Waals surface area contributed by atoms with Crippen LogP contribution in [0.25, 0.3) is 0 Å². The minimum Gasteiger partial charge on any atom is -0.487 e. The molecule has 3 heterocycles. The fourth-order valence-electron chi connectivity index (χ4n) is 3.65. The number of piperidine rings is 1. The Morgan fingerprint density at radius 1 is 1.14 bits per heavy atom. The van der Waals surface area contributed by atoms with Crippen molar-refractivity contribution in [2.75, 3.05) is 34.0 Å². The summed E-state index contributed by atoms with van der Waals surface area (Å²) in [7, 11) is 4.20. The van der Waals surface area contributed by atoms with Crippen LogP contribution in [0.2, 0.25) is 0 Å². The number of likely N-dealkylation sites (tertiary alicyclic amines) is 1. The fourth-order valence-corrected chi connectivity index (χ4v) is 3.65. The molecule has 114 valence electrons. The van der Waals surface area contributed by atoms with Gasteiger partial charge < -0.3 is 24.4 Å². The van der Waals surface area contributed by atoms with Crippen LogP contribution in [0.3, 0.4) is 0 Å². The molecule has 3 aliphatic rings. The van der Waals surface area contributed by atoms with E-state index in [-0.39, 0.29) is 5.60 Å². The maximum atomic E-state index is 6.46. The van der Waals surface area contributed by atoms with Crippen molar-refractivity contribution in [3.05, 3.63) is 17.7 Å². The molecule has 1 fully saturated rings. The summed E-state index contributed by atoms with van der Waals surface area (Å²) < 4.78 is 17.5. The Hall–Kier alpha value is -1.46. The van der Waals surface area contributed by atoms with E-state index in [4.69, 9.17) is 14.2 Å². The topological polar surface area (TPSA) is 43.0 Å². The zero-order valence-electron chi connectivity index (χ0n) is 12.6. The van der Waals surface area contributed by atoms with E-state index >= 15 is 0 Å². The van der Waals surface area contributed by atoms with Gasteiger partial charge in [0.25, 0.3) is 0 Å². The highest BCUT2D eigenvalue weighted by Crippen LogP contribution is 2.48. The first-order valence-electron chi connectivity index (χ1n) is 7.67. The molecular formula is C16H22N2O3. The van der Waals surface area contributed by atoms with E-state index in [9.17, 15) is 0 Å². The van der Waals surface area contributed by atoms with Crippen LogP contribution in [0.1, 0.15) is 30.9 Å². The van der Waals surface area contributed by atoms with E-state index in [1.54, 1.807) is 0 Å². The third-order valence-corrected chi connectivity index (χ3v) is 5.03. The Labute approximate surface area is 125 Å². The van der Waals surface area contributed by atoms with Crippen molar-refractivity contribution in [2.45, 2.75) is 30.9 Å². The van der Waals surface area contributed by atoms with Crippen molar-refractivity contribution >= 4 is 0 Å². The predicted octanol–water partition coefficient (Wildman–Crippen LogP) is 1.92. The average molecular weight is 290 g/mol. The molecule has 1 aromatic rings. The highest BCUT2D eigenvalue weighted by atomic mass is 16.7. The zero-order valence-corrected chi connectivity index (χ0v) is 12.6. The number of rotatable bonds is 1. The standard InChI is InChI=1S/C16H22N2O3/c1-17-12-9-16(3-5-18(2)6-4-16)21-13-8-15-14(7-11(12)13)19-10-20-15/h7-8,12,17H,3-6,9-10H2,1-2H3. The Kier molecular flexibility index (Phi) is 3.01. The maximum absolute atomic E-state index is 6.46. The summed E-state index contributed by atoms with van der Waals surface area (Å²) >= 11 is 0. The minimum absolute atomic E-state index is 0.0408. The summed E-state index contributed by atoms with van der Waals surface area (Å²) in [5.41, 5.74) is 1.15. The molecule has 1 atom stereocenters. The van der Waals surface area contributed by atoms with Crippen molar-refractivity contribution in [1.29, 1.82) is 0 Å². The first-order chi connectivity index (χ1) is 10.2. The normalized spacial score (nSPS) is 26.5. The van der Waals surface area contributed by atoms with E-state index in [1.807, 2.05) is 13.1 Å². The van der Waals surface area contributed by atoms with Gasteiger partial charge in [-0.25, -0.2) is 0 Å². The molecule has 1 aromatic carbocycles. The molecule has 0 saturated carbocycles. The summed E-state index contributed by atoms with van der Waals surface area (Å²) in [6, 6.07) is 4.38. The van der Waals surface area contributed by atoms with Crippen LogP contribution in [0, 0.1) is 0 Å². The number of nitrogens with one attached hydrogen (secondary N) is 1. The summed E-state index contributed by atoms with van der Waals surface area (Å²) in [6.07, 6.45) is 3.18. The van der Waals surface area contributed by atoms with Gasteiger partial charge in [-0.3, -0.25) is 0 Å². The van der Waals surface area contributed by atoms with Crippen molar-refractivity contribution < 1.29 is 14.2 Å². The maximum Gasteiger partial charge on any atom is 0.231 e. The lowest BCUT2D eigenvalue weighted by molar-refractivity contribution is -0.0196. The van der Waals surface area contributed by atoms with Crippen molar-refractivity contribution in [1.82, 2.24) is 10.2 Å². The second-order valence-electron chi connectivity index (χ2n) is 6.38. The monoisotopic (exact) mass is 290 g/mol. The van der Waals surface area contributed by atoms with Crippen LogP contribution in [-0.2, 0) is 0 Å². The Balaban J connectivity index is 1.70. The van der Waals surface area contributed by atoms with Crippen LogP contribution in [0.15, 0.2) is 12.1 Å². The van der Waals surface area contributed by atoms with E-state index in [2.05, 4.69) is 23.3 Å². The van der Waals surface area contributed by atoms with E-state index in [0.29, 0.717) is 12.8 Å². The predicted molar refractivity (Wildman–Crippen MR) is 79.1 cm³/mol. The largest absolute Gasteiger partial charge is 0.487 e. The molecule has 5 heteroatoms. The molecule has 5 nitrogen and oxygen atoms in total. The Morgan fingerprint density at radius 3 is 2.57 bits per heavy atom. The van der Waals surface area contributed by atoms with Crippen molar-refractivity contribution in [3.63, 3.8) is 0 Å². The lowest BCUT2D eigenvalue weighted by atomic mass is 9.80. The smallest absolute Gasteiger partial charge is 0.231 e. The van der Waals surface area contributed by atoms with Gasteiger partial charge in [0.1, 0.15) is 11.4 Å². The Morgan fingerprint density at radius 2 is 1.86 bits per heavy atom. The highest BCUT2D eigenvalue weighted by molar-refractivity contribution is 5.54. The fraction of sp³-hybridized carbons (Fsp3) is 0.625. The molecule has 0 bridgehead atoms. The number of hydrogen-bond acceptors (Lipinski definition) is 5. The molecule has 0 radical (unpaired) electrons. The summed E-state index contributed by atoms with van der Waals surface area (Å²) in [5.74, 6) is 2.58. The molecule has 4 rings (SSSR count). The van der Waals surface area contributed by atoms with Gasteiger partial charge in [-0.1, -0.05) is 0 Å². The lowest BCUT2D eigenvalue weighted by Gasteiger charge is -2.46. The van der Waals surface area contributed by atoms with Crippen LogP contribution in [-0.4, -0.2) is 44.5 Å². The van der Waals surface area contributed by atoms with Gasteiger partial charge >= 0.3 is 0 Å².